The van der Waals surface area contributed by atoms with Gasteiger partial charge in [0.2, 0.25) is 0 Å². The van der Waals surface area contributed by atoms with Gasteiger partial charge in [0.05, 0.1) is 108 Å². The van der Waals surface area contributed by atoms with Crippen molar-refractivity contribution in [1.82, 2.24) is 98.1 Å². The molecule has 0 saturated carbocycles. The number of aromatic nitrogens is 17. The third-order valence-electron chi connectivity index (χ3n) is 19.8. The highest BCUT2D eigenvalue weighted by Crippen LogP contribution is 2.29. The number of aliphatic hydroxyl groups excluding tert-OH is 1. The van der Waals surface area contributed by atoms with Crippen molar-refractivity contribution in [3.63, 3.8) is 0 Å². The molecule has 3 aliphatic rings. The summed E-state index contributed by atoms with van der Waals surface area (Å²) in [5.41, 5.74) is 14.1. The lowest BCUT2D eigenvalue weighted by Crippen LogP contribution is -2.43. The predicted octanol–water partition coefficient (Wildman–Crippen LogP) is 10.3. The normalized spacial score (nSPS) is 13.8. The molecule has 45 heteroatoms. The van der Waals surface area contributed by atoms with Crippen molar-refractivity contribution in [2.75, 3.05) is 61.6 Å². The van der Waals surface area contributed by atoms with Gasteiger partial charge in [-0.2, -0.15) is 59.9 Å². The van der Waals surface area contributed by atoms with E-state index in [9.17, 15) is 50.4 Å². The highest BCUT2D eigenvalue weighted by molar-refractivity contribution is 7.86. The number of nitriles is 3. The topological polar surface area (TPSA) is 499 Å². The second-order valence-corrected chi connectivity index (χ2v) is 33.3. The van der Waals surface area contributed by atoms with Gasteiger partial charge in [0.15, 0.2) is 34.9 Å². The minimum absolute atomic E-state index is 0.00825. The summed E-state index contributed by atoms with van der Waals surface area (Å²) in [6, 6.07) is 40.1. The first-order chi connectivity index (χ1) is 64.4. The minimum atomic E-state index is -3.33. The zero-order valence-corrected chi connectivity index (χ0v) is 76.0. The van der Waals surface area contributed by atoms with Crippen LogP contribution in [0.5, 0.6) is 0 Å². The number of halogens is 6. The van der Waals surface area contributed by atoms with Crippen LogP contribution in [0, 0.1) is 69.2 Å². The lowest BCUT2D eigenvalue weighted by molar-refractivity contribution is 0.0616. The monoisotopic (exact) mass is 1910 g/mol. The first-order valence-electron chi connectivity index (χ1n) is 41.5. The number of imide groups is 3. The van der Waals surface area contributed by atoms with Crippen LogP contribution in [0.2, 0.25) is 15.5 Å². The van der Waals surface area contributed by atoms with Crippen molar-refractivity contribution in [3.05, 3.63) is 303 Å². The van der Waals surface area contributed by atoms with Crippen LogP contribution >= 0.6 is 34.8 Å². The highest BCUT2D eigenvalue weighted by Gasteiger charge is 2.39. The number of nitrogens with two attached hydrogens (primary N) is 2. The van der Waals surface area contributed by atoms with Gasteiger partial charge in [-0.25, -0.2) is 28.1 Å². The molecule has 134 heavy (non-hydrogen) atoms. The number of rotatable bonds is 32. The van der Waals surface area contributed by atoms with Gasteiger partial charge in [-0.1, -0.05) is 98.9 Å². The Labute approximate surface area is 783 Å². The molecule has 3 aromatic carbocycles. The fourth-order valence-corrected chi connectivity index (χ4v) is 14.3. The SMILES string of the molecule is CC[C@@H](Cn1cccn1)Nc1nc(Cl)c(C#N)cc1F.C[C@@H](CN1C(=O)c2ccccc2C1=O)Cn1cccn1.C[C@@H](CO)Cn1cccn1.C[C@@H](COS(C)(=O)=O)Cn1cccn1.N#Cc1cc(F)c(N[C@@H](CN)Cn2cccn2)nc1Cl.N#Cc1cc(F)c(N[C@@H](CN2C(=O)c3ccccc3C2=O)Cn2cccn2)nc1Cl.N[C@@H](CN1C(=O)c2ccccc2C1=O)Cn1cccn1. The van der Waals surface area contributed by atoms with Crippen LogP contribution < -0.4 is 27.4 Å². The molecule has 0 spiro atoms. The molecular weight excluding hydrogens is 1820 g/mol. The molecule has 16 rings (SSSR count). The molecule has 0 saturated heterocycles. The van der Waals surface area contributed by atoms with E-state index in [1.165, 1.54) is 9.80 Å². The summed E-state index contributed by atoms with van der Waals surface area (Å²) in [6.07, 6.45) is 26.2. The fraction of sp³-hybridized carbons (Fsp3) is 0.292. The zero-order chi connectivity index (χ0) is 96.5. The molecule has 10 aromatic heterocycles. The average Bonchev–Trinajstić information content (AvgIpc) is 1.63. The van der Waals surface area contributed by atoms with E-state index < -0.39 is 45.4 Å². The van der Waals surface area contributed by atoms with Crippen molar-refractivity contribution in [2.24, 2.45) is 29.2 Å². The van der Waals surface area contributed by atoms with Gasteiger partial charge in [-0.3, -0.25) is 80.4 Å². The molecule has 698 valence electrons. The van der Waals surface area contributed by atoms with Crippen molar-refractivity contribution in [1.29, 1.82) is 15.8 Å². The molecule has 0 fully saturated rings. The first kappa shape index (κ1) is 101. The molecule has 0 unspecified atom stereocenters. The summed E-state index contributed by atoms with van der Waals surface area (Å²) in [5, 5.41) is 72.2. The Morgan fingerprint density at radius 1 is 0.410 bits per heavy atom. The van der Waals surface area contributed by atoms with Gasteiger partial charge in [0.25, 0.3) is 45.6 Å². The van der Waals surface area contributed by atoms with E-state index in [4.69, 9.17) is 67.2 Å². The second-order valence-electron chi connectivity index (χ2n) is 30.6. The number of carbonyl (C=O) groups excluding carboxylic acids is 6. The quantitative estimate of drug-likeness (QED) is 0.0130. The maximum absolute atomic E-state index is 14.4. The van der Waals surface area contributed by atoms with Crippen LogP contribution in [0.15, 0.2) is 220 Å². The van der Waals surface area contributed by atoms with Crippen LogP contribution in [0.4, 0.5) is 30.6 Å². The first-order valence-corrected chi connectivity index (χ1v) is 44.5. The lowest BCUT2D eigenvalue weighted by atomic mass is 10.1. The molecule has 0 aliphatic carbocycles. The summed E-state index contributed by atoms with van der Waals surface area (Å²) in [6.45, 7) is 13.0. The number of anilines is 3. The maximum atomic E-state index is 14.4. The number of hydrogen-bond donors (Lipinski definition) is 6. The van der Waals surface area contributed by atoms with Crippen molar-refractivity contribution < 1.29 is 59.6 Å². The van der Waals surface area contributed by atoms with Gasteiger partial charge >= 0.3 is 0 Å². The van der Waals surface area contributed by atoms with Gasteiger partial charge in [0, 0.05) is 151 Å². The molecule has 38 nitrogen and oxygen atoms in total. The van der Waals surface area contributed by atoms with Gasteiger partial charge in [-0.15, -0.1) is 0 Å². The maximum Gasteiger partial charge on any atom is 0.264 e. The summed E-state index contributed by atoms with van der Waals surface area (Å²) in [7, 11) is -3.33. The predicted molar refractivity (Wildman–Crippen MR) is 488 cm³/mol. The van der Waals surface area contributed by atoms with E-state index in [1.54, 1.807) is 195 Å². The molecule has 7 atom stereocenters. The van der Waals surface area contributed by atoms with Crippen LogP contribution in [0.3, 0.4) is 0 Å². The van der Waals surface area contributed by atoms with Crippen molar-refractivity contribution in [3.8, 4) is 18.2 Å². The van der Waals surface area contributed by atoms with Crippen LogP contribution in [-0.2, 0) is 60.1 Å². The molecule has 0 bridgehead atoms. The molecule has 13 heterocycles. The smallest absolute Gasteiger partial charge is 0.264 e. The van der Waals surface area contributed by atoms with Crippen molar-refractivity contribution in [2.45, 2.75) is 104 Å². The second kappa shape index (κ2) is 49.5. The van der Waals surface area contributed by atoms with Gasteiger partial charge < -0.3 is 32.5 Å². The minimum Gasteiger partial charge on any atom is -0.396 e. The molecule has 8 N–H and O–H groups in total. The molecule has 13 aromatic rings. The molecule has 0 radical (unpaired) electrons. The van der Waals surface area contributed by atoms with Crippen LogP contribution in [0.1, 0.15) is 113 Å². The van der Waals surface area contributed by atoms with E-state index in [-0.39, 0.29) is 143 Å². The van der Waals surface area contributed by atoms with E-state index in [0.717, 1.165) is 42.3 Å². The zero-order valence-electron chi connectivity index (χ0n) is 73.0. The van der Waals surface area contributed by atoms with E-state index in [2.05, 4.69) is 70.8 Å². The summed E-state index contributed by atoms with van der Waals surface area (Å²) >= 11 is 17.5. The number of benzene rings is 3. The standard InChI is InChI=1S/C20H14ClFN6O2.C15H15N3O2.C14H14N4O2.C13H13ClFN5.C12H12ClFN6.C8H14N2O3S.C7H12N2O/c21-17-12(9-23)8-16(22)18(26-17)25-13(10-27-7-3-6-24-27)11-28-19(29)14-4-1-2-5-15(14)20(28)30;1-11(9-17-8-4-7-16-17)10-18-14(19)12-5-2-3-6-13(12)15(18)20;15-10(8-17-7-3-6-16-17)9-18-13(19)11-4-1-2-5-12(11)14(18)20;1-2-10(8-20-5-3-4-17-20)18-13-11(15)6-9(7-16)12(14)19-13;13-11-8(5-15)4-10(14)12(19-11)18-9(6-16)7-20-3-1-2-17-20;1-8(7-13-14(2,11)12)6-10-5-3-4-9-10;1-7(6-10)5-9-4-2-3-8-9/h1-8,13H,10-11H2,(H,25,26);2-8,11H,9-10H2,1H3;1-7,10H,8-9,15H2;3-6,10H,2,8H2,1H3,(H,18,19);1-4,9H,6-7,16H2,(H,18,19);3-5,8H,6-7H2,1-2H3;2-4,7,10H,5-6H2,1H3/t13-;11-;2*10-;9-;8-;7-/m1110011/s1. The summed E-state index contributed by atoms with van der Waals surface area (Å²) < 4.78 is 80.2. The van der Waals surface area contributed by atoms with Gasteiger partial charge in [0.1, 0.15) is 33.7 Å². The summed E-state index contributed by atoms with van der Waals surface area (Å²) in [5.74, 6) is -3.42. The Morgan fingerprint density at radius 2 is 0.687 bits per heavy atom. The molecular formula is C89H94Cl3F3N28O10S. The molecule has 6 amide bonds. The number of carbonyl (C=O) groups is 6. The van der Waals surface area contributed by atoms with E-state index >= 15 is 0 Å². The Balaban J connectivity index is 0.000000165. The third-order valence-corrected chi connectivity index (χ3v) is 21.3. The third kappa shape index (κ3) is 29.2. The Bertz CT molecular complexity index is 5980. The van der Waals surface area contributed by atoms with Gasteiger partial charge in [-0.05, 0) is 115 Å². The highest BCUT2D eigenvalue weighted by atomic mass is 35.5. The number of nitrogens with zero attached hydrogens (tertiary/aromatic N) is 23. The van der Waals surface area contributed by atoms with E-state index in [0.29, 0.717) is 78.6 Å². The fourth-order valence-electron chi connectivity index (χ4n) is 13.3. The van der Waals surface area contributed by atoms with E-state index in [1.807, 2.05) is 86.1 Å². The lowest BCUT2D eigenvalue weighted by Gasteiger charge is -2.24. The van der Waals surface area contributed by atoms with Crippen LogP contribution in [-0.4, -0.2) is 217 Å². The molecule has 3 aliphatic heterocycles. The summed E-state index contributed by atoms with van der Waals surface area (Å²) in [4.78, 5) is 89.5. The number of aliphatic hydroxyl groups is 1. The van der Waals surface area contributed by atoms with Crippen LogP contribution in [0.25, 0.3) is 0 Å². The van der Waals surface area contributed by atoms with Crippen molar-refractivity contribution >= 4 is 97.8 Å². The number of nitrogens with one attached hydrogen (secondary N) is 3. The number of pyridine rings is 3. The number of fused-ring (bicyclic) bond motifs is 3. The number of hydrogen-bond acceptors (Lipinski definition) is 28. The Morgan fingerprint density at radius 3 is 0.985 bits per heavy atom. The largest absolute Gasteiger partial charge is 0.396 e. The Kier molecular flexibility index (Phi) is 37.5. The Hall–Kier alpha value is -14.7. The average molecular weight is 1910 g/mol. The number of amides is 6.